The van der Waals surface area contributed by atoms with E-state index in [9.17, 15) is 4.79 Å². The molecule has 2 aliphatic heterocycles. The number of likely N-dealkylation sites (tertiary alicyclic amines) is 2. The number of nitrogens with zero attached hydrogens (tertiary/aromatic N) is 3. The molecule has 4 rings (SSSR count). The van der Waals surface area contributed by atoms with Crippen LogP contribution < -0.4 is 4.74 Å². The number of ether oxygens (including phenoxy) is 1. The molecule has 2 saturated heterocycles. The number of rotatable bonds is 7. The van der Waals surface area contributed by atoms with Crippen molar-refractivity contribution in [3.8, 4) is 17.2 Å². The molecular weight excluding hydrogens is 366 g/mol. The van der Waals surface area contributed by atoms with Crippen molar-refractivity contribution in [3.05, 3.63) is 36.2 Å². The molecule has 0 bridgehead atoms. The Balaban J connectivity index is 1.28. The summed E-state index contributed by atoms with van der Waals surface area (Å²) in [4.78, 5) is 21.3. The van der Waals surface area contributed by atoms with Gasteiger partial charge >= 0.3 is 0 Å². The first kappa shape index (κ1) is 20.0. The smallest absolute Gasteiger partial charge is 0.228 e. The molecule has 1 atom stereocenters. The van der Waals surface area contributed by atoms with Crippen LogP contribution in [0.2, 0.25) is 0 Å². The fraction of sp³-hybridized carbons (Fsp3) is 0.565. The largest absolute Gasteiger partial charge is 0.492 e. The molecular formula is C23H31N3O3. The van der Waals surface area contributed by atoms with Crippen LogP contribution in [0.3, 0.4) is 0 Å². The Morgan fingerprint density at radius 1 is 1.14 bits per heavy atom. The lowest BCUT2D eigenvalue weighted by molar-refractivity contribution is -0.131. The number of carbonyl (C=O) groups excluding carboxylic acids is 1. The molecule has 1 aromatic carbocycles. The van der Waals surface area contributed by atoms with E-state index in [1.54, 1.807) is 6.26 Å². The second-order valence-corrected chi connectivity index (χ2v) is 8.16. The molecule has 2 fully saturated rings. The molecule has 3 heterocycles. The summed E-state index contributed by atoms with van der Waals surface area (Å²) in [5.41, 5.74) is 1.58. The molecule has 0 radical (unpaired) electrons. The van der Waals surface area contributed by atoms with Gasteiger partial charge in [0.05, 0.1) is 12.1 Å². The number of piperidine rings is 1. The predicted octanol–water partition coefficient (Wildman–Crippen LogP) is 3.76. The van der Waals surface area contributed by atoms with Gasteiger partial charge in [0, 0.05) is 31.2 Å². The molecule has 6 nitrogen and oxygen atoms in total. The quantitative estimate of drug-likeness (QED) is 0.712. The summed E-state index contributed by atoms with van der Waals surface area (Å²) in [6.07, 6.45) is 7.89. The van der Waals surface area contributed by atoms with Crippen molar-refractivity contribution in [1.82, 2.24) is 14.8 Å². The monoisotopic (exact) mass is 397 g/mol. The lowest BCUT2D eigenvalue weighted by Crippen LogP contribution is -2.36. The van der Waals surface area contributed by atoms with Gasteiger partial charge in [-0.1, -0.05) is 0 Å². The Hall–Kier alpha value is -2.34. The summed E-state index contributed by atoms with van der Waals surface area (Å²) in [7, 11) is 0. The van der Waals surface area contributed by atoms with Crippen molar-refractivity contribution in [2.24, 2.45) is 0 Å². The number of carbonyl (C=O) groups is 1. The summed E-state index contributed by atoms with van der Waals surface area (Å²) in [6.45, 7) is 6.86. The third-order valence-corrected chi connectivity index (χ3v) is 6.03. The predicted molar refractivity (Wildman–Crippen MR) is 112 cm³/mol. The number of hydrogen-bond donors (Lipinski definition) is 0. The van der Waals surface area contributed by atoms with E-state index in [4.69, 9.17) is 9.15 Å². The van der Waals surface area contributed by atoms with Crippen LogP contribution in [0.4, 0.5) is 0 Å². The van der Waals surface area contributed by atoms with E-state index in [-0.39, 0.29) is 5.91 Å². The molecule has 0 aliphatic carbocycles. The third kappa shape index (κ3) is 5.18. The van der Waals surface area contributed by atoms with Gasteiger partial charge in [0.1, 0.15) is 18.6 Å². The van der Waals surface area contributed by atoms with Crippen LogP contribution in [0.25, 0.3) is 11.5 Å². The van der Waals surface area contributed by atoms with Crippen LogP contribution in [0.15, 0.2) is 34.9 Å². The van der Waals surface area contributed by atoms with Crippen molar-refractivity contribution >= 4 is 5.91 Å². The fourth-order valence-electron chi connectivity index (χ4n) is 4.23. The molecule has 1 amide bonds. The summed E-state index contributed by atoms with van der Waals surface area (Å²) in [5, 5.41) is 0. The average molecular weight is 398 g/mol. The highest BCUT2D eigenvalue weighted by atomic mass is 16.5. The summed E-state index contributed by atoms with van der Waals surface area (Å²) >= 11 is 0. The Labute approximate surface area is 172 Å². The number of benzene rings is 1. The maximum atomic E-state index is 12.4. The van der Waals surface area contributed by atoms with E-state index in [1.807, 2.05) is 29.2 Å². The minimum absolute atomic E-state index is 0.139. The van der Waals surface area contributed by atoms with Crippen LogP contribution in [-0.2, 0) is 11.2 Å². The summed E-state index contributed by atoms with van der Waals surface area (Å²) in [5.74, 6) is 1.54. The second kappa shape index (κ2) is 9.44. The van der Waals surface area contributed by atoms with E-state index in [1.165, 1.54) is 25.8 Å². The van der Waals surface area contributed by atoms with Crippen molar-refractivity contribution < 1.29 is 13.9 Å². The van der Waals surface area contributed by atoms with Gasteiger partial charge in [-0.05, 0) is 69.8 Å². The normalized spacial score (nSPS) is 20.2. The highest BCUT2D eigenvalue weighted by Crippen LogP contribution is 2.23. The standard InChI is InChI=1S/C23H31N3O3/c1-18-6-5-13-25(18)14-15-28-21-9-7-19(8-10-21)23-24-20(17-29-23)16-22(27)26-11-3-2-4-12-26/h7-10,17-18H,2-6,11-16H2,1H3. The zero-order valence-corrected chi connectivity index (χ0v) is 17.3. The van der Waals surface area contributed by atoms with Crippen LogP contribution >= 0.6 is 0 Å². The number of amides is 1. The zero-order valence-electron chi connectivity index (χ0n) is 17.3. The maximum Gasteiger partial charge on any atom is 0.228 e. The van der Waals surface area contributed by atoms with Crippen molar-refractivity contribution in [1.29, 1.82) is 0 Å². The first-order chi connectivity index (χ1) is 14.2. The van der Waals surface area contributed by atoms with Crippen molar-refractivity contribution in [2.45, 2.75) is 51.5 Å². The fourth-order valence-corrected chi connectivity index (χ4v) is 4.23. The Bertz CT molecular complexity index is 796. The third-order valence-electron chi connectivity index (χ3n) is 6.03. The maximum absolute atomic E-state index is 12.4. The first-order valence-corrected chi connectivity index (χ1v) is 10.9. The molecule has 0 saturated carbocycles. The lowest BCUT2D eigenvalue weighted by Gasteiger charge is -2.26. The van der Waals surface area contributed by atoms with Crippen LogP contribution in [0.1, 0.15) is 44.7 Å². The van der Waals surface area contributed by atoms with E-state index >= 15 is 0 Å². The summed E-state index contributed by atoms with van der Waals surface area (Å²) < 4.78 is 11.5. The van der Waals surface area contributed by atoms with Gasteiger partial charge in [-0.3, -0.25) is 9.69 Å². The Morgan fingerprint density at radius 2 is 1.93 bits per heavy atom. The number of hydrogen-bond acceptors (Lipinski definition) is 5. The van der Waals surface area contributed by atoms with Crippen molar-refractivity contribution in [2.75, 3.05) is 32.8 Å². The van der Waals surface area contributed by atoms with Gasteiger partial charge in [-0.25, -0.2) is 4.98 Å². The zero-order chi connectivity index (χ0) is 20.1. The van der Waals surface area contributed by atoms with Gasteiger partial charge in [0.15, 0.2) is 0 Å². The van der Waals surface area contributed by atoms with Gasteiger partial charge in [-0.15, -0.1) is 0 Å². The van der Waals surface area contributed by atoms with Crippen LogP contribution in [0, 0.1) is 0 Å². The molecule has 6 heteroatoms. The van der Waals surface area contributed by atoms with Gasteiger partial charge in [0.25, 0.3) is 0 Å². The van der Waals surface area contributed by atoms with Gasteiger partial charge < -0.3 is 14.1 Å². The molecule has 29 heavy (non-hydrogen) atoms. The SMILES string of the molecule is CC1CCCN1CCOc1ccc(-c2nc(CC(=O)N3CCCCC3)co2)cc1. The minimum atomic E-state index is 0.139. The van der Waals surface area contributed by atoms with Crippen LogP contribution in [0.5, 0.6) is 5.75 Å². The van der Waals surface area contributed by atoms with Crippen molar-refractivity contribution in [3.63, 3.8) is 0 Å². The van der Waals surface area contributed by atoms with Gasteiger partial charge in [-0.2, -0.15) is 0 Å². The Morgan fingerprint density at radius 3 is 2.66 bits per heavy atom. The van der Waals surface area contributed by atoms with Crippen LogP contribution in [-0.4, -0.2) is 59.5 Å². The minimum Gasteiger partial charge on any atom is -0.492 e. The number of oxazole rings is 1. The summed E-state index contributed by atoms with van der Waals surface area (Å²) in [6, 6.07) is 8.48. The molecule has 156 valence electrons. The number of aromatic nitrogens is 1. The molecule has 1 aromatic heterocycles. The molecule has 1 unspecified atom stereocenters. The second-order valence-electron chi connectivity index (χ2n) is 8.16. The lowest BCUT2D eigenvalue weighted by atomic mass is 10.1. The molecule has 2 aromatic rings. The van der Waals surface area contributed by atoms with E-state index < -0.39 is 0 Å². The Kier molecular flexibility index (Phi) is 6.49. The average Bonchev–Trinajstić information content (AvgIpc) is 3.38. The first-order valence-electron chi connectivity index (χ1n) is 10.9. The van der Waals surface area contributed by atoms with E-state index in [2.05, 4.69) is 16.8 Å². The van der Waals surface area contributed by atoms with E-state index in [0.29, 0.717) is 30.7 Å². The molecule has 0 spiro atoms. The topological polar surface area (TPSA) is 58.8 Å². The highest BCUT2D eigenvalue weighted by molar-refractivity contribution is 5.78. The molecule has 0 N–H and O–H groups in total. The highest BCUT2D eigenvalue weighted by Gasteiger charge is 2.20. The molecule has 2 aliphatic rings. The van der Waals surface area contributed by atoms with E-state index in [0.717, 1.165) is 43.8 Å². The van der Waals surface area contributed by atoms with Gasteiger partial charge in [0.2, 0.25) is 11.8 Å².